The first-order valence-electron chi connectivity index (χ1n) is 8.58. The Bertz CT molecular complexity index is 587. The molecule has 0 radical (unpaired) electrons. The Kier molecular flexibility index (Phi) is 4.80. The number of likely N-dealkylation sites (tertiary alicyclic amines) is 1. The summed E-state index contributed by atoms with van der Waals surface area (Å²) in [5.41, 5.74) is 1.58. The molecule has 6 heteroatoms. The number of hydrogen-bond donors (Lipinski definition) is 1. The van der Waals surface area contributed by atoms with Crippen molar-refractivity contribution in [1.29, 1.82) is 0 Å². The molecule has 0 spiro atoms. The first-order chi connectivity index (χ1) is 11.0. The van der Waals surface area contributed by atoms with Gasteiger partial charge in [0.05, 0.1) is 12.2 Å². The van der Waals surface area contributed by atoms with Crippen LogP contribution in [0.3, 0.4) is 0 Å². The first-order valence-corrected chi connectivity index (χ1v) is 8.58. The SMILES string of the molecule is CC1=CCCC(C)C1CN1CCC(n2cc(C(=O)O)nn2)CC1. The average Bonchev–Trinajstić information content (AvgIpc) is 3.02. The Hall–Kier alpha value is -1.69. The number of carboxylic acid groups (broad SMARTS) is 1. The molecule has 1 N–H and O–H groups in total. The summed E-state index contributed by atoms with van der Waals surface area (Å²) in [6.07, 6.45) is 8.50. The molecule has 1 aliphatic carbocycles. The molecule has 0 saturated carbocycles. The van der Waals surface area contributed by atoms with Gasteiger partial charge in [0, 0.05) is 19.6 Å². The van der Waals surface area contributed by atoms with Crippen molar-refractivity contribution in [1.82, 2.24) is 19.9 Å². The number of allylic oxidation sites excluding steroid dienone is 1. The number of piperidine rings is 1. The molecule has 2 heterocycles. The topological polar surface area (TPSA) is 71.2 Å². The number of aromatic nitrogens is 3. The van der Waals surface area contributed by atoms with Crippen molar-refractivity contribution in [2.75, 3.05) is 19.6 Å². The van der Waals surface area contributed by atoms with Crippen LogP contribution in [0.2, 0.25) is 0 Å². The highest BCUT2D eigenvalue weighted by Gasteiger charge is 2.28. The zero-order chi connectivity index (χ0) is 16.4. The fraction of sp³-hybridized carbons (Fsp3) is 0.706. The minimum absolute atomic E-state index is 0.0317. The molecule has 2 aliphatic rings. The molecule has 1 fully saturated rings. The maximum absolute atomic E-state index is 10.9. The standard InChI is InChI=1S/C17H26N4O2/c1-12-4-3-5-13(2)15(12)10-20-8-6-14(7-9-20)21-11-16(17(22)23)18-19-21/h4,11,13-15H,3,5-10H2,1-2H3,(H,22,23). The van der Waals surface area contributed by atoms with E-state index in [9.17, 15) is 4.79 Å². The van der Waals surface area contributed by atoms with Crippen LogP contribution in [0.1, 0.15) is 56.1 Å². The Labute approximate surface area is 137 Å². The number of hydrogen-bond acceptors (Lipinski definition) is 4. The monoisotopic (exact) mass is 318 g/mol. The van der Waals surface area contributed by atoms with Gasteiger partial charge in [-0.1, -0.05) is 23.8 Å². The maximum Gasteiger partial charge on any atom is 0.358 e. The molecule has 23 heavy (non-hydrogen) atoms. The van der Waals surface area contributed by atoms with Crippen molar-refractivity contribution in [3.8, 4) is 0 Å². The van der Waals surface area contributed by atoms with E-state index in [1.165, 1.54) is 12.8 Å². The molecule has 1 aromatic heterocycles. The largest absolute Gasteiger partial charge is 0.476 e. The van der Waals surface area contributed by atoms with E-state index in [1.54, 1.807) is 16.5 Å². The molecule has 126 valence electrons. The third kappa shape index (κ3) is 3.63. The van der Waals surface area contributed by atoms with Gasteiger partial charge in [-0.2, -0.15) is 0 Å². The van der Waals surface area contributed by atoms with Gasteiger partial charge in [-0.15, -0.1) is 5.10 Å². The maximum atomic E-state index is 10.9. The van der Waals surface area contributed by atoms with Crippen molar-refractivity contribution in [2.24, 2.45) is 11.8 Å². The van der Waals surface area contributed by atoms with Crippen LogP contribution < -0.4 is 0 Å². The van der Waals surface area contributed by atoms with Crippen molar-refractivity contribution >= 4 is 5.97 Å². The molecule has 3 rings (SSSR count). The van der Waals surface area contributed by atoms with Crippen molar-refractivity contribution in [2.45, 2.75) is 45.6 Å². The lowest BCUT2D eigenvalue weighted by Gasteiger charge is -2.37. The quantitative estimate of drug-likeness (QED) is 0.864. The molecule has 2 atom stereocenters. The van der Waals surface area contributed by atoms with Crippen molar-refractivity contribution in [3.63, 3.8) is 0 Å². The Morgan fingerprint density at radius 1 is 1.35 bits per heavy atom. The van der Waals surface area contributed by atoms with E-state index in [2.05, 4.69) is 35.1 Å². The molecular weight excluding hydrogens is 292 g/mol. The van der Waals surface area contributed by atoms with Gasteiger partial charge in [0.15, 0.2) is 5.69 Å². The minimum atomic E-state index is -1.01. The molecule has 6 nitrogen and oxygen atoms in total. The molecular formula is C17H26N4O2. The number of aromatic carboxylic acids is 1. The van der Waals surface area contributed by atoms with Gasteiger partial charge in [0.25, 0.3) is 0 Å². The summed E-state index contributed by atoms with van der Waals surface area (Å²) >= 11 is 0. The second-order valence-electron chi connectivity index (χ2n) is 7.03. The fourth-order valence-corrected chi connectivity index (χ4v) is 3.90. The lowest BCUT2D eigenvalue weighted by Crippen LogP contribution is -2.40. The third-order valence-electron chi connectivity index (χ3n) is 5.48. The molecule has 1 aliphatic heterocycles. The predicted octanol–water partition coefficient (Wildman–Crippen LogP) is 2.61. The van der Waals surface area contributed by atoms with Gasteiger partial charge >= 0.3 is 5.97 Å². The number of rotatable bonds is 4. The van der Waals surface area contributed by atoms with Crippen LogP contribution in [0, 0.1) is 11.8 Å². The Morgan fingerprint density at radius 3 is 2.70 bits per heavy atom. The lowest BCUT2D eigenvalue weighted by atomic mass is 9.79. The van der Waals surface area contributed by atoms with Crippen molar-refractivity contribution in [3.05, 3.63) is 23.5 Å². The number of carboxylic acids is 1. The van der Waals surface area contributed by atoms with Gasteiger partial charge in [-0.05, 0) is 44.4 Å². The fourth-order valence-electron chi connectivity index (χ4n) is 3.90. The second-order valence-corrected chi connectivity index (χ2v) is 7.03. The zero-order valence-corrected chi connectivity index (χ0v) is 14.0. The summed E-state index contributed by atoms with van der Waals surface area (Å²) in [5.74, 6) is 0.443. The van der Waals surface area contributed by atoms with E-state index in [0.29, 0.717) is 5.92 Å². The van der Waals surface area contributed by atoms with E-state index in [-0.39, 0.29) is 11.7 Å². The second kappa shape index (κ2) is 6.83. The van der Waals surface area contributed by atoms with Crippen LogP contribution in [-0.4, -0.2) is 50.6 Å². The average molecular weight is 318 g/mol. The van der Waals surface area contributed by atoms with Gasteiger partial charge in [-0.25, -0.2) is 9.48 Å². The van der Waals surface area contributed by atoms with Gasteiger partial charge in [-0.3, -0.25) is 0 Å². The van der Waals surface area contributed by atoms with Gasteiger partial charge in [0.1, 0.15) is 0 Å². The number of nitrogens with zero attached hydrogens (tertiary/aromatic N) is 4. The summed E-state index contributed by atoms with van der Waals surface area (Å²) in [5, 5.41) is 16.6. The predicted molar refractivity (Wildman–Crippen MR) is 87.3 cm³/mol. The van der Waals surface area contributed by atoms with Crippen LogP contribution in [0.4, 0.5) is 0 Å². The zero-order valence-electron chi connectivity index (χ0n) is 14.0. The first kappa shape index (κ1) is 16.2. The smallest absolute Gasteiger partial charge is 0.358 e. The molecule has 1 saturated heterocycles. The van der Waals surface area contributed by atoms with E-state index >= 15 is 0 Å². The summed E-state index contributed by atoms with van der Waals surface area (Å²) in [6.45, 7) is 7.88. The highest BCUT2D eigenvalue weighted by atomic mass is 16.4. The van der Waals surface area contributed by atoms with Crippen LogP contribution in [0.5, 0.6) is 0 Å². The van der Waals surface area contributed by atoms with E-state index in [1.807, 2.05) is 0 Å². The molecule has 0 bridgehead atoms. The molecule has 0 aromatic carbocycles. The summed E-state index contributed by atoms with van der Waals surface area (Å²) < 4.78 is 1.73. The van der Waals surface area contributed by atoms with E-state index < -0.39 is 5.97 Å². The molecule has 2 unspecified atom stereocenters. The van der Waals surface area contributed by atoms with Crippen LogP contribution in [-0.2, 0) is 0 Å². The minimum Gasteiger partial charge on any atom is -0.476 e. The number of carbonyl (C=O) groups is 1. The van der Waals surface area contributed by atoms with Crippen molar-refractivity contribution < 1.29 is 9.90 Å². The van der Waals surface area contributed by atoms with E-state index in [4.69, 9.17) is 5.11 Å². The Morgan fingerprint density at radius 2 is 2.09 bits per heavy atom. The van der Waals surface area contributed by atoms with Crippen LogP contribution in [0.15, 0.2) is 17.8 Å². The highest BCUT2D eigenvalue weighted by molar-refractivity contribution is 5.84. The molecule has 0 amide bonds. The van der Waals surface area contributed by atoms with E-state index in [0.717, 1.165) is 38.4 Å². The lowest BCUT2D eigenvalue weighted by molar-refractivity contribution is 0.0690. The van der Waals surface area contributed by atoms with Crippen LogP contribution in [0.25, 0.3) is 0 Å². The van der Waals surface area contributed by atoms with Gasteiger partial charge < -0.3 is 10.0 Å². The Balaban J connectivity index is 1.54. The summed E-state index contributed by atoms with van der Waals surface area (Å²) in [4.78, 5) is 13.5. The van der Waals surface area contributed by atoms with Gasteiger partial charge in [0.2, 0.25) is 0 Å². The summed E-state index contributed by atoms with van der Waals surface area (Å²) in [7, 11) is 0. The normalized spacial score (nSPS) is 27.0. The highest BCUT2D eigenvalue weighted by Crippen LogP contribution is 2.32. The van der Waals surface area contributed by atoms with Crippen LogP contribution >= 0.6 is 0 Å². The third-order valence-corrected chi connectivity index (χ3v) is 5.48. The summed E-state index contributed by atoms with van der Waals surface area (Å²) in [6, 6.07) is 0.271. The molecule has 1 aromatic rings.